The van der Waals surface area contributed by atoms with Crippen LogP contribution in [-0.2, 0) is 10.0 Å². The lowest BCUT2D eigenvalue weighted by Crippen LogP contribution is -2.28. The first-order valence-electron chi connectivity index (χ1n) is 7.34. The Morgan fingerprint density at radius 1 is 1.09 bits per heavy atom. The second-order valence-electron chi connectivity index (χ2n) is 5.67. The third-order valence-corrected chi connectivity index (χ3v) is 5.78. The molecule has 116 valence electrons. The van der Waals surface area contributed by atoms with Crippen LogP contribution in [0.25, 0.3) is 0 Å². The fourth-order valence-corrected chi connectivity index (χ4v) is 4.36. The molecule has 5 nitrogen and oxygen atoms in total. The summed E-state index contributed by atoms with van der Waals surface area (Å²) in [5.41, 5.74) is 1.85. The molecule has 0 saturated carbocycles. The predicted octanol–water partition coefficient (Wildman–Crippen LogP) is 2.27. The lowest BCUT2D eigenvalue weighted by atomic mass is 10.1. The van der Waals surface area contributed by atoms with Gasteiger partial charge in [0.05, 0.1) is 4.90 Å². The molecule has 3 rings (SSSR count). The molecule has 0 aliphatic carbocycles. The van der Waals surface area contributed by atoms with Gasteiger partial charge >= 0.3 is 0 Å². The first-order chi connectivity index (χ1) is 10.5. The van der Waals surface area contributed by atoms with Gasteiger partial charge in [-0.25, -0.2) is 18.4 Å². The molecule has 1 aromatic carbocycles. The van der Waals surface area contributed by atoms with E-state index < -0.39 is 10.0 Å². The molecule has 2 aromatic rings. The Labute approximate surface area is 131 Å². The van der Waals surface area contributed by atoms with Crippen molar-refractivity contribution in [2.45, 2.75) is 31.1 Å². The van der Waals surface area contributed by atoms with E-state index in [0.717, 1.165) is 23.6 Å². The standard InChI is InChI=1S/C16H19N3O2S/c1-12-10-13(2)18-16(17-12)14-8-9-19(11-14)22(20,21)15-6-4-3-5-7-15/h3-7,10,14H,8-9,11H2,1-2H3. The molecular formula is C16H19N3O2S. The van der Waals surface area contributed by atoms with Gasteiger partial charge in [-0.15, -0.1) is 0 Å². The molecule has 1 atom stereocenters. The lowest BCUT2D eigenvalue weighted by Gasteiger charge is -2.16. The summed E-state index contributed by atoms with van der Waals surface area (Å²) in [5, 5.41) is 0. The van der Waals surface area contributed by atoms with Crippen LogP contribution in [0.4, 0.5) is 0 Å². The van der Waals surface area contributed by atoms with E-state index in [4.69, 9.17) is 0 Å². The summed E-state index contributed by atoms with van der Waals surface area (Å²) in [7, 11) is -3.42. The Morgan fingerprint density at radius 2 is 1.73 bits per heavy atom. The van der Waals surface area contributed by atoms with Crippen LogP contribution in [0, 0.1) is 13.8 Å². The summed E-state index contributed by atoms with van der Waals surface area (Å²) in [6.07, 6.45) is 0.759. The highest BCUT2D eigenvalue weighted by molar-refractivity contribution is 7.89. The van der Waals surface area contributed by atoms with E-state index in [0.29, 0.717) is 18.0 Å². The molecule has 0 bridgehead atoms. The highest BCUT2D eigenvalue weighted by Gasteiger charge is 2.34. The fraction of sp³-hybridized carbons (Fsp3) is 0.375. The minimum absolute atomic E-state index is 0.0667. The first-order valence-corrected chi connectivity index (χ1v) is 8.78. The average molecular weight is 317 g/mol. The Bertz CT molecular complexity index is 755. The van der Waals surface area contributed by atoms with E-state index in [1.165, 1.54) is 4.31 Å². The van der Waals surface area contributed by atoms with Crippen molar-refractivity contribution in [3.63, 3.8) is 0 Å². The maximum atomic E-state index is 12.6. The Hall–Kier alpha value is -1.79. The molecule has 1 unspecified atom stereocenters. The van der Waals surface area contributed by atoms with Crippen LogP contribution < -0.4 is 0 Å². The van der Waals surface area contributed by atoms with Crippen molar-refractivity contribution in [3.8, 4) is 0 Å². The molecule has 0 N–H and O–H groups in total. The molecule has 0 radical (unpaired) electrons. The summed E-state index contributed by atoms with van der Waals surface area (Å²) in [6.45, 7) is 4.83. The fourth-order valence-electron chi connectivity index (χ4n) is 2.83. The maximum Gasteiger partial charge on any atom is 0.243 e. The number of benzene rings is 1. The molecule has 1 fully saturated rings. The van der Waals surface area contributed by atoms with E-state index in [9.17, 15) is 8.42 Å². The van der Waals surface area contributed by atoms with Gasteiger partial charge in [-0.3, -0.25) is 0 Å². The van der Waals surface area contributed by atoms with Crippen molar-refractivity contribution >= 4 is 10.0 Å². The first kappa shape index (κ1) is 15.1. The number of sulfonamides is 1. The van der Waals surface area contributed by atoms with Gasteiger partial charge in [0.1, 0.15) is 5.82 Å². The molecular weight excluding hydrogens is 298 g/mol. The minimum Gasteiger partial charge on any atom is -0.238 e. The molecule has 0 spiro atoms. The molecule has 1 aliphatic heterocycles. The molecule has 1 aliphatic rings. The number of hydrogen-bond donors (Lipinski definition) is 0. The third-order valence-electron chi connectivity index (χ3n) is 3.90. The second-order valence-corrected chi connectivity index (χ2v) is 7.61. The van der Waals surface area contributed by atoms with Gasteiger partial charge in [0.25, 0.3) is 0 Å². The van der Waals surface area contributed by atoms with Crippen molar-refractivity contribution in [1.29, 1.82) is 0 Å². The van der Waals surface area contributed by atoms with E-state index >= 15 is 0 Å². The largest absolute Gasteiger partial charge is 0.243 e. The summed E-state index contributed by atoms with van der Waals surface area (Å²) in [4.78, 5) is 9.29. The van der Waals surface area contributed by atoms with Crippen LogP contribution in [0.5, 0.6) is 0 Å². The van der Waals surface area contributed by atoms with Crippen LogP contribution in [0.15, 0.2) is 41.3 Å². The monoisotopic (exact) mass is 317 g/mol. The van der Waals surface area contributed by atoms with Crippen molar-refractivity contribution in [2.24, 2.45) is 0 Å². The third kappa shape index (κ3) is 2.89. The zero-order chi connectivity index (χ0) is 15.7. The molecule has 6 heteroatoms. The number of rotatable bonds is 3. The molecule has 1 aromatic heterocycles. The maximum absolute atomic E-state index is 12.6. The lowest BCUT2D eigenvalue weighted by molar-refractivity contribution is 0.471. The zero-order valence-electron chi connectivity index (χ0n) is 12.7. The second kappa shape index (κ2) is 5.78. The summed E-state index contributed by atoms with van der Waals surface area (Å²) >= 11 is 0. The molecule has 0 amide bonds. The van der Waals surface area contributed by atoms with Crippen molar-refractivity contribution in [3.05, 3.63) is 53.6 Å². The number of nitrogens with zero attached hydrogens (tertiary/aromatic N) is 3. The van der Waals surface area contributed by atoms with Gasteiger partial charge in [-0.2, -0.15) is 4.31 Å². The highest BCUT2D eigenvalue weighted by atomic mass is 32.2. The van der Waals surface area contributed by atoms with Gasteiger partial charge in [0, 0.05) is 30.4 Å². The van der Waals surface area contributed by atoms with Crippen molar-refractivity contribution in [2.75, 3.05) is 13.1 Å². The van der Waals surface area contributed by atoms with Crippen LogP contribution in [0.3, 0.4) is 0 Å². The van der Waals surface area contributed by atoms with Crippen LogP contribution in [-0.4, -0.2) is 35.8 Å². The van der Waals surface area contributed by atoms with Crippen molar-refractivity contribution in [1.82, 2.24) is 14.3 Å². The van der Waals surface area contributed by atoms with Crippen molar-refractivity contribution < 1.29 is 8.42 Å². The molecule has 22 heavy (non-hydrogen) atoms. The molecule has 1 saturated heterocycles. The minimum atomic E-state index is -3.42. The van der Waals surface area contributed by atoms with E-state index in [-0.39, 0.29) is 5.92 Å². The van der Waals surface area contributed by atoms with E-state index in [2.05, 4.69) is 9.97 Å². The number of hydrogen-bond acceptors (Lipinski definition) is 4. The number of aryl methyl sites for hydroxylation is 2. The highest BCUT2D eigenvalue weighted by Crippen LogP contribution is 2.29. The van der Waals surface area contributed by atoms with E-state index in [1.807, 2.05) is 26.0 Å². The quantitative estimate of drug-likeness (QED) is 0.871. The molecule has 2 heterocycles. The predicted molar refractivity (Wildman–Crippen MR) is 84.1 cm³/mol. The van der Waals surface area contributed by atoms with E-state index in [1.54, 1.807) is 24.3 Å². The van der Waals surface area contributed by atoms with Crippen LogP contribution >= 0.6 is 0 Å². The SMILES string of the molecule is Cc1cc(C)nc(C2CCN(S(=O)(=O)c3ccccc3)C2)n1. The Morgan fingerprint density at radius 3 is 2.36 bits per heavy atom. The normalized spacial score (nSPS) is 19.5. The van der Waals surface area contributed by atoms with Gasteiger partial charge in [0.15, 0.2) is 0 Å². The van der Waals surface area contributed by atoms with Gasteiger partial charge < -0.3 is 0 Å². The summed E-state index contributed by atoms with van der Waals surface area (Å²) in [6, 6.07) is 10.5. The van der Waals surface area contributed by atoms with Gasteiger partial charge in [-0.1, -0.05) is 18.2 Å². The van der Waals surface area contributed by atoms with Crippen LogP contribution in [0.2, 0.25) is 0 Å². The number of aromatic nitrogens is 2. The summed E-state index contributed by atoms with van der Waals surface area (Å²) in [5.74, 6) is 0.820. The Kier molecular flexibility index (Phi) is 3.97. The summed E-state index contributed by atoms with van der Waals surface area (Å²) < 4.78 is 26.8. The topological polar surface area (TPSA) is 63.2 Å². The van der Waals surface area contributed by atoms with Crippen LogP contribution in [0.1, 0.15) is 29.6 Å². The average Bonchev–Trinajstić information content (AvgIpc) is 2.98. The zero-order valence-corrected chi connectivity index (χ0v) is 13.5. The Balaban J connectivity index is 1.83. The van der Waals surface area contributed by atoms with Gasteiger partial charge in [-0.05, 0) is 38.5 Å². The van der Waals surface area contributed by atoms with Gasteiger partial charge in [0.2, 0.25) is 10.0 Å². The smallest absolute Gasteiger partial charge is 0.238 e.